The Kier molecular flexibility index (Phi) is 4.31. The second-order valence-corrected chi connectivity index (χ2v) is 6.75. The molecule has 0 atom stereocenters. The third-order valence-electron chi connectivity index (χ3n) is 4.82. The lowest BCUT2D eigenvalue weighted by molar-refractivity contribution is 0.631. The molecule has 6 heteroatoms. The van der Waals surface area contributed by atoms with Gasteiger partial charge in [0.15, 0.2) is 0 Å². The van der Waals surface area contributed by atoms with E-state index in [4.69, 9.17) is 5.73 Å². The Hall–Kier alpha value is -3.67. The number of anilines is 3. The number of halogens is 1. The van der Waals surface area contributed by atoms with Crippen LogP contribution in [0, 0.1) is 19.7 Å². The fourth-order valence-corrected chi connectivity index (χ4v) is 3.37. The Morgan fingerprint density at radius 3 is 2.61 bits per heavy atom. The number of nitrogens with two attached hydrogens (primary N) is 1. The van der Waals surface area contributed by atoms with E-state index in [1.54, 1.807) is 19.2 Å². The van der Waals surface area contributed by atoms with Crippen molar-refractivity contribution in [2.75, 3.05) is 11.1 Å². The Balaban J connectivity index is 1.84. The maximum Gasteiger partial charge on any atom is 0.256 e. The van der Waals surface area contributed by atoms with E-state index in [0.717, 1.165) is 16.6 Å². The number of hydrogen-bond donors (Lipinski definition) is 3. The Morgan fingerprint density at radius 1 is 1.11 bits per heavy atom. The topological polar surface area (TPSA) is 83.8 Å². The number of pyridine rings is 2. The van der Waals surface area contributed by atoms with Gasteiger partial charge in [0.25, 0.3) is 5.56 Å². The van der Waals surface area contributed by atoms with Gasteiger partial charge in [0.2, 0.25) is 0 Å². The number of nitrogen functional groups attached to an aromatic ring is 1. The molecule has 0 saturated carbocycles. The fourth-order valence-electron chi connectivity index (χ4n) is 3.37. The van der Waals surface area contributed by atoms with Gasteiger partial charge in [-0.05, 0) is 54.8 Å². The van der Waals surface area contributed by atoms with Crippen LogP contribution in [-0.2, 0) is 0 Å². The van der Waals surface area contributed by atoms with E-state index < -0.39 is 5.82 Å². The summed E-state index contributed by atoms with van der Waals surface area (Å²) in [6, 6.07) is 14.3. The molecule has 4 rings (SSSR count). The lowest BCUT2D eigenvalue weighted by atomic mass is 9.95. The number of fused-ring (bicyclic) bond motifs is 1. The Morgan fingerprint density at radius 2 is 1.86 bits per heavy atom. The van der Waals surface area contributed by atoms with Crippen LogP contribution in [0.4, 0.5) is 21.6 Å². The molecule has 0 aliphatic rings. The molecule has 2 heterocycles. The van der Waals surface area contributed by atoms with Crippen LogP contribution < -0.4 is 16.6 Å². The number of benzene rings is 2. The number of aromatic nitrogens is 2. The Labute approximate surface area is 161 Å². The van der Waals surface area contributed by atoms with E-state index in [-0.39, 0.29) is 11.2 Å². The molecule has 0 aliphatic carbocycles. The molecule has 4 N–H and O–H groups in total. The SMILES string of the molecule is Cc1cc(F)c(N)cc1-c1c(C)c2cnc(Nc3ccccc3)cc2[nH]c1=O. The summed E-state index contributed by atoms with van der Waals surface area (Å²) in [7, 11) is 0. The van der Waals surface area contributed by atoms with Crippen molar-refractivity contribution in [3.05, 3.63) is 82.0 Å². The average molecular weight is 374 g/mol. The highest BCUT2D eigenvalue weighted by Crippen LogP contribution is 2.31. The summed E-state index contributed by atoms with van der Waals surface area (Å²) < 4.78 is 13.7. The van der Waals surface area contributed by atoms with Crippen LogP contribution in [0.3, 0.4) is 0 Å². The maximum atomic E-state index is 13.7. The zero-order valence-electron chi connectivity index (χ0n) is 15.5. The van der Waals surface area contributed by atoms with Crippen LogP contribution in [0.15, 0.2) is 59.5 Å². The highest BCUT2D eigenvalue weighted by atomic mass is 19.1. The van der Waals surface area contributed by atoms with Crippen LogP contribution in [-0.4, -0.2) is 9.97 Å². The molecule has 2 aromatic heterocycles. The first-order valence-corrected chi connectivity index (χ1v) is 8.84. The minimum absolute atomic E-state index is 0.0139. The average Bonchev–Trinajstić information content (AvgIpc) is 2.66. The van der Waals surface area contributed by atoms with Gasteiger partial charge in [-0.3, -0.25) is 4.79 Å². The van der Waals surface area contributed by atoms with E-state index >= 15 is 0 Å². The molecule has 0 unspecified atom stereocenters. The third-order valence-corrected chi connectivity index (χ3v) is 4.82. The van der Waals surface area contributed by atoms with E-state index in [1.165, 1.54) is 12.1 Å². The quantitative estimate of drug-likeness (QED) is 0.455. The monoisotopic (exact) mass is 374 g/mol. The molecule has 5 nitrogen and oxygen atoms in total. The number of nitrogens with one attached hydrogen (secondary N) is 2. The molecule has 0 aliphatic heterocycles. The number of aromatic amines is 1. The van der Waals surface area contributed by atoms with Gasteiger partial charge in [-0.15, -0.1) is 0 Å². The number of aryl methyl sites for hydroxylation is 2. The predicted molar refractivity (Wildman–Crippen MR) is 111 cm³/mol. The Bertz CT molecular complexity index is 1250. The number of para-hydroxylation sites is 1. The molecule has 0 radical (unpaired) electrons. The first-order valence-electron chi connectivity index (χ1n) is 8.84. The molecule has 28 heavy (non-hydrogen) atoms. The van der Waals surface area contributed by atoms with Crippen LogP contribution in [0.5, 0.6) is 0 Å². The summed E-state index contributed by atoms with van der Waals surface area (Å²) in [6.07, 6.45) is 1.72. The normalized spacial score (nSPS) is 11.0. The van der Waals surface area contributed by atoms with Crippen molar-refractivity contribution in [1.82, 2.24) is 9.97 Å². The van der Waals surface area contributed by atoms with Crippen LogP contribution in [0.1, 0.15) is 11.1 Å². The summed E-state index contributed by atoms with van der Waals surface area (Å²) in [5.41, 5.74) is 9.57. The highest BCUT2D eigenvalue weighted by Gasteiger charge is 2.16. The van der Waals surface area contributed by atoms with Crippen molar-refractivity contribution in [2.45, 2.75) is 13.8 Å². The first kappa shape index (κ1) is 17.7. The van der Waals surface area contributed by atoms with E-state index in [2.05, 4.69) is 15.3 Å². The second-order valence-electron chi connectivity index (χ2n) is 6.75. The predicted octanol–water partition coefficient (Wildman–Crippen LogP) is 4.67. The minimum atomic E-state index is -0.491. The molecule has 0 spiro atoms. The number of hydrogen-bond acceptors (Lipinski definition) is 4. The standard InChI is InChI=1S/C22H19FN4O/c1-12-8-17(23)18(24)9-15(12)21-13(2)16-11-25-20(10-19(16)27-22(21)28)26-14-6-4-3-5-7-14/h3-11H,24H2,1-2H3,(H,25,26)(H,27,28). The second kappa shape index (κ2) is 6.81. The summed E-state index contributed by atoms with van der Waals surface area (Å²) in [5, 5.41) is 4.03. The molecule has 4 aromatic rings. The molecule has 0 bridgehead atoms. The van der Waals surface area contributed by atoms with Crippen LogP contribution in [0.2, 0.25) is 0 Å². The van der Waals surface area contributed by atoms with Gasteiger partial charge in [-0.1, -0.05) is 18.2 Å². The zero-order chi connectivity index (χ0) is 19.8. The lowest BCUT2D eigenvalue weighted by Crippen LogP contribution is -2.13. The largest absolute Gasteiger partial charge is 0.396 e. The van der Waals surface area contributed by atoms with Gasteiger partial charge < -0.3 is 16.0 Å². The van der Waals surface area contributed by atoms with Crippen molar-refractivity contribution in [3.63, 3.8) is 0 Å². The zero-order valence-corrected chi connectivity index (χ0v) is 15.5. The number of nitrogens with zero attached hydrogens (tertiary/aromatic N) is 1. The van der Waals surface area contributed by atoms with Crippen molar-refractivity contribution >= 4 is 28.1 Å². The minimum Gasteiger partial charge on any atom is -0.396 e. The summed E-state index contributed by atoms with van der Waals surface area (Å²) in [4.78, 5) is 20.2. The fraction of sp³-hybridized carbons (Fsp3) is 0.0909. The van der Waals surface area contributed by atoms with E-state index in [9.17, 15) is 9.18 Å². The lowest BCUT2D eigenvalue weighted by Gasteiger charge is -2.13. The van der Waals surface area contributed by atoms with E-state index in [0.29, 0.717) is 28.0 Å². The van der Waals surface area contributed by atoms with Crippen molar-refractivity contribution in [1.29, 1.82) is 0 Å². The highest BCUT2D eigenvalue weighted by molar-refractivity contribution is 5.90. The maximum absolute atomic E-state index is 13.7. The smallest absolute Gasteiger partial charge is 0.256 e. The van der Waals surface area contributed by atoms with Gasteiger partial charge in [-0.25, -0.2) is 9.37 Å². The molecule has 0 fully saturated rings. The van der Waals surface area contributed by atoms with Crippen molar-refractivity contribution in [3.8, 4) is 11.1 Å². The van der Waals surface area contributed by atoms with Gasteiger partial charge in [0.1, 0.15) is 11.6 Å². The summed E-state index contributed by atoms with van der Waals surface area (Å²) >= 11 is 0. The van der Waals surface area contributed by atoms with Gasteiger partial charge in [-0.2, -0.15) is 0 Å². The number of rotatable bonds is 3. The molecule has 0 saturated heterocycles. The molecule has 140 valence electrons. The first-order chi connectivity index (χ1) is 13.4. The molecular formula is C22H19FN4O. The molecular weight excluding hydrogens is 355 g/mol. The van der Waals surface area contributed by atoms with E-state index in [1.807, 2.05) is 37.3 Å². The van der Waals surface area contributed by atoms with Gasteiger partial charge >= 0.3 is 0 Å². The molecule has 2 aromatic carbocycles. The van der Waals surface area contributed by atoms with Gasteiger partial charge in [0, 0.05) is 23.3 Å². The summed E-state index contributed by atoms with van der Waals surface area (Å²) in [5.74, 6) is 0.137. The third kappa shape index (κ3) is 3.09. The van der Waals surface area contributed by atoms with Gasteiger partial charge in [0.05, 0.1) is 16.8 Å². The van der Waals surface area contributed by atoms with Crippen molar-refractivity contribution in [2.24, 2.45) is 0 Å². The molecule has 0 amide bonds. The van der Waals surface area contributed by atoms with Crippen molar-refractivity contribution < 1.29 is 4.39 Å². The summed E-state index contributed by atoms with van der Waals surface area (Å²) in [6.45, 7) is 3.62. The van der Waals surface area contributed by atoms with Crippen LogP contribution in [0.25, 0.3) is 22.0 Å². The van der Waals surface area contributed by atoms with Crippen LogP contribution >= 0.6 is 0 Å². The number of H-pyrrole nitrogens is 1.